The van der Waals surface area contributed by atoms with E-state index in [1.165, 1.54) is 12.3 Å². The van der Waals surface area contributed by atoms with E-state index in [0.29, 0.717) is 65.6 Å². The zero-order valence-corrected chi connectivity index (χ0v) is 22.1. The van der Waals surface area contributed by atoms with Gasteiger partial charge in [0.25, 0.3) is 5.91 Å². The van der Waals surface area contributed by atoms with Crippen LogP contribution in [0.5, 0.6) is 0 Å². The number of benzene rings is 1. The lowest BCUT2D eigenvalue weighted by Gasteiger charge is -2.26. The number of thiophene rings is 1. The summed E-state index contributed by atoms with van der Waals surface area (Å²) in [4.78, 5) is 35.7. The Morgan fingerprint density at radius 3 is 2.52 bits per heavy atom. The summed E-state index contributed by atoms with van der Waals surface area (Å²) in [5.74, 6) is 0.0361. The van der Waals surface area contributed by atoms with Crippen LogP contribution in [-0.2, 0) is 22.1 Å². The molecule has 11 heteroatoms. The zero-order valence-electron chi connectivity index (χ0n) is 21.3. The predicted octanol–water partition coefficient (Wildman–Crippen LogP) is 5.65. The monoisotopic (exact) mass is 566 g/mol. The Morgan fingerprint density at radius 2 is 1.85 bits per heavy atom. The topological polar surface area (TPSA) is 98.4 Å². The summed E-state index contributed by atoms with van der Waals surface area (Å²) in [6, 6.07) is 10.9. The molecular weight excluding hydrogens is 541 g/mol. The molecule has 1 saturated heterocycles. The Balaban J connectivity index is 1.35. The van der Waals surface area contributed by atoms with Gasteiger partial charge in [0.15, 0.2) is 5.78 Å². The first kappa shape index (κ1) is 27.5. The number of alkyl halides is 3. The molecule has 1 aromatic carbocycles. The summed E-state index contributed by atoms with van der Waals surface area (Å²) in [5, 5.41) is 0.427. The molecule has 5 rings (SSSR count). The number of carbonyl (C=O) groups excluding carboxylic acids is 2. The molecular formula is C29H25F3N4O3S. The number of hydrogen-bond acceptors (Lipinski definition) is 7. The third kappa shape index (κ3) is 6.37. The van der Waals surface area contributed by atoms with Gasteiger partial charge < -0.3 is 15.4 Å². The number of nitrogens with zero attached hydrogens (tertiary/aromatic N) is 3. The van der Waals surface area contributed by atoms with Crippen LogP contribution in [0.25, 0.3) is 27.4 Å². The number of aromatic nitrogens is 2. The number of rotatable bonds is 7. The van der Waals surface area contributed by atoms with Crippen molar-refractivity contribution in [1.29, 1.82) is 0 Å². The van der Waals surface area contributed by atoms with Crippen molar-refractivity contribution in [2.75, 3.05) is 32.0 Å². The number of morpholine rings is 1. The Hall–Kier alpha value is -4.09. The van der Waals surface area contributed by atoms with Gasteiger partial charge in [-0.25, -0.2) is 4.98 Å². The quantitative estimate of drug-likeness (QED) is 0.291. The van der Waals surface area contributed by atoms with Crippen molar-refractivity contribution >= 4 is 45.0 Å². The first-order chi connectivity index (χ1) is 19.2. The summed E-state index contributed by atoms with van der Waals surface area (Å²) in [6.07, 6.45) is 1.88. The van der Waals surface area contributed by atoms with Crippen LogP contribution in [0, 0.1) is 0 Å². The van der Waals surface area contributed by atoms with Gasteiger partial charge in [0.1, 0.15) is 5.82 Å². The van der Waals surface area contributed by atoms with Gasteiger partial charge in [-0.15, -0.1) is 11.3 Å². The van der Waals surface area contributed by atoms with Crippen molar-refractivity contribution in [2.45, 2.75) is 19.0 Å². The molecule has 0 aliphatic carbocycles. The average Bonchev–Trinajstić information content (AvgIpc) is 3.38. The number of nitrogen functional groups attached to an aromatic ring is 1. The maximum absolute atomic E-state index is 14.0. The highest BCUT2D eigenvalue weighted by atomic mass is 32.1. The summed E-state index contributed by atoms with van der Waals surface area (Å²) in [7, 11) is 0. The molecule has 0 bridgehead atoms. The van der Waals surface area contributed by atoms with E-state index in [9.17, 15) is 22.8 Å². The third-order valence-corrected chi connectivity index (χ3v) is 7.71. The van der Waals surface area contributed by atoms with Gasteiger partial charge in [-0.1, -0.05) is 0 Å². The number of amides is 1. The molecule has 0 atom stereocenters. The number of halogens is 3. The number of aryl methyl sites for hydroxylation is 1. The number of ketones is 1. The first-order valence-corrected chi connectivity index (χ1v) is 13.4. The van der Waals surface area contributed by atoms with E-state index in [4.69, 9.17) is 10.5 Å². The minimum Gasteiger partial charge on any atom is -0.384 e. The number of carbonyl (C=O) groups is 2. The van der Waals surface area contributed by atoms with E-state index in [1.54, 1.807) is 53.6 Å². The van der Waals surface area contributed by atoms with Crippen LogP contribution >= 0.6 is 11.3 Å². The minimum atomic E-state index is -4.58. The van der Waals surface area contributed by atoms with E-state index in [-0.39, 0.29) is 22.8 Å². The lowest BCUT2D eigenvalue weighted by molar-refractivity contribution is -0.136. The van der Waals surface area contributed by atoms with Gasteiger partial charge in [0.2, 0.25) is 0 Å². The SMILES string of the molecule is Nc1ccc(/C=C/C(=O)CCc2cc3cc(-c4ccc(C(=O)N5CCOCC5)cn4)cc(C(F)(F)F)c3s2)cn1. The molecule has 2 N–H and O–H groups in total. The number of pyridine rings is 2. The summed E-state index contributed by atoms with van der Waals surface area (Å²) < 4.78 is 47.5. The normalized spacial score (nSPS) is 14.2. The molecule has 0 saturated carbocycles. The Morgan fingerprint density at radius 1 is 1.05 bits per heavy atom. The van der Waals surface area contributed by atoms with Crippen molar-refractivity contribution in [3.8, 4) is 11.3 Å². The van der Waals surface area contributed by atoms with Gasteiger partial charge >= 0.3 is 6.18 Å². The smallest absolute Gasteiger partial charge is 0.384 e. The molecule has 3 aromatic heterocycles. The zero-order chi connectivity index (χ0) is 28.3. The van der Waals surface area contributed by atoms with E-state index in [0.717, 1.165) is 23.0 Å². The summed E-state index contributed by atoms with van der Waals surface area (Å²) in [5.41, 5.74) is 6.52. The third-order valence-electron chi connectivity index (χ3n) is 6.47. The van der Waals surface area contributed by atoms with Gasteiger partial charge in [-0.05, 0) is 72.0 Å². The predicted molar refractivity (Wildman–Crippen MR) is 148 cm³/mol. The average molecular weight is 567 g/mol. The summed E-state index contributed by atoms with van der Waals surface area (Å²) in [6.45, 7) is 1.89. The van der Waals surface area contributed by atoms with E-state index >= 15 is 0 Å². The van der Waals surface area contributed by atoms with Crippen molar-refractivity contribution < 1.29 is 27.5 Å². The fraction of sp³-hybridized carbons (Fsp3) is 0.241. The van der Waals surface area contributed by atoms with Gasteiger partial charge in [0, 0.05) is 47.0 Å². The Kier molecular flexibility index (Phi) is 7.95. The summed E-state index contributed by atoms with van der Waals surface area (Å²) >= 11 is 1.03. The van der Waals surface area contributed by atoms with Gasteiger partial charge in [0.05, 0.1) is 30.0 Å². The number of nitrogens with two attached hydrogens (primary N) is 1. The molecule has 4 aromatic rings. The number of ether oxygens (including phenoxy) is 1. The molecule has 4 heterocycles. The lowest BCUT2D eigenvalue weighted by Crippen LogP contribution is -2.40. The maximum Gasteiger partial charge on any atom is 0.417 e. The molecule has 1 amide bonds. The lowest BCUT2D eigenvalue weighted by atomic mass is 10.0. The molecule has 206 valence electrons. The molecule has 7 nitrogen and oxygen atoms in total. The van der Waals surface area contributed by atoms with Crippen molar-refractivity contribution in [2.24, 2.45) is 0 Å². The minimum absolute atomic E-state index is 0.112. The number of allylic oxidation sites excluding steroid dienone is 1. The second kappa shape index (κ2) is 11.6. The van der Waals surface area contributed by atoms with E-state index in [2.05, 4.69) is 9.97 Å². The number of fused-ring (bicyclic) bond motifs is 1. The van der Waals surface area contributed by atoms with Crippen molar-refractivity contribution in [3.63, 3.8) is 0 Å². The van der Waals surface area contributed by atoms with Crippen molar-refractivity contribution in [3.05, 3.63) is 82.5 Å². The van der Waals surface area contributed by atoms with Crippen LogP contribution in [0.15, 0.2) is 60.9 Å². The fourth-order valence-electron chi connectivity index (χ4n) is 4.36. The fourth-order valence-corrected chi connectivity index (χ4v) is 5.53. The Bertz CT molecular complexity index is 1560. The highest BCUT2D eigenvalue weighted by molar-refractivity contribution is 7.19. The molecule has 0 radical (unpaired) electrons. The van der Waals surface area contributed by atoms with Crippen LogP contribution in [0.4, 0.5) is 19.0 Å². The second-order valence-electron chi connectivity index (χ2n) is 9.31. The van der Waals surface area contributed by atoms with E-state index in [1.807, 2.05) is 0 Å². The van der Waals surface area contributed by atoms with Crippen LogP contribution in [0.2, 0.25) is 0 Å². The van der Waals surface area contributed by atoms with Gasteiger partial charge in [-0.3, -0.25) is 14.6 Å². The Labute approximate surface area is 232 Å². The van der Waals surface area contributed by atoms with Crippen molar-refractivity contribution in [1.82, 2.24) is 14.9 Å². The van der Waals surface area contributed by atoms with Gasteiger partial charge in [-0.2, -0.15) is 13.2 Å². The van der Waals surface area contributed by atoms with Crippen LogP contribution < -0.4 is 5.73 Å². The molecule has 0 spiro atoms. The molecule has 1 aliphatic rings. The maximum atomic E-state index is 14.0. The van der Waals surface area contributed by atoms with Crippen LogP contribution in [0.3, 0.4) is 0 Å². The standard InChI is InChI=1S/C29H25F3N4O3S/c30-29(31,32)24-15-20(25-7-3-19(17-34-25)28(38)36-9-11-39-12-10-36)13-21-14-23(40-27(21)24)6-5-22(37)4-1-18-2-8-26(33)35-16-18/h1-4,7-8,13-17H,5-6,9-12H2,(H2,33,35)/b4-1+. The molecule has 1 aliphatic heterocycles. The first-order valence-electron chi connectivity index (χ1n) is 12.6. The number of anilines is 1. The van der Waals surface area contributed by atoms with E-state index < -0.39 is 11.7 Å². The second-order valence-corrected chi connectivity index (χ2v) is 10.4. The highest BCUT2D eigenvalue weighted by Gasteiger charge is 2.34. The highest BCUT2D eigenvalue weighted by Crippen LogP contribution is 2.41. The molecule has 40 heavy (non-hydrogen) atoms. The number of hydrogen-bond donors (Lipinski definition) is 1. The molecule has 1 fully saturated rings. The van der Waals surface area contributed by atoms with Crippen LogP contribution in [-0.4, -0.2) is 52.9 Å². The largest absolute Gasteiger partial charge is 0.417 e. The van der Waals surface area contributed by atoms with Crippen LogP contribution in [0.1, 0.15) is 32.8 Å². The molecule has 0 unspecified atom stereocenters.